The monoisotopic (exact) mass is 562 g/mol. The predicted molar refractivity (Wildman–Crippen MR) is 113 cm³/mol. The number of nitrogens with zero attached hydrogens (tertiary/aromatic N) is 2. The van der Waals surface area contributed by atoms with E-state index in [0.29, 0.717) is 6.07 Å². The summed E-state index contributed by atoms with van der Waals surface area (Å²) in [5.41, 5.74) is -7.45. The third kappa shape index (κ3) is 5.38. The van der Waals surface area contributed by atoms with Crippen LogP contribution in [0.1, 0.15) is 35.1 Å². The van der Waals surface area contributed by atoms with E-state index >= 15 is 4.39 Å². The van der Waals surface area contributed by atoms with Crippen LogP contribution in [0, 0.1) is 0 Å². The summed E-state index contributed by atoms with van der Waals surface area (Å²) in [6.07, 6.45) is -16.6. The molecule has 2 aromatic carbocycles. The Morgan fingerprint density at radius 3 is 2.03 bits per heavy atom. The van der Waals surface area contributed by atoms with Crippen LogP contribution in [0.2, 0.25) is 5.02 Å². The van der Waals surface area contributed by atoms with Crippen LogP contribution in [0.5, 0.6) is 0 Å². The minimum atomic E-state index is -5.16. The fourth-order valence-electron chi connectivity index (χ4n) is 4.30. The molecule has 0 spiro atoms. The zero-order valence-electron chi connectivity index (χ0n) is 18.5. The zero-order chi connectivity index (χ0) is 27.4. The van der Waals surface area contributed by atoms with Gasteiger partial charge in [-0.05, 0) is 23.3 Å². The smallest absolute Gasteiger partial charge is 0.374 e. The van der Waals surface area contributed by atoms with Gasteiger partial charge in [-0.3, -0.25) is 4.90 Å². The van der Waals surface area contributed by atoms with Gasteiger partial charge in [0.25, 0.3) is 5.60 Å². The Labute approximate surface area is 208 Å². The number of rotatable bonds is 5. The lowest BCUT2D eigenvalue weighted by atomic mass is 9.84. The Kier molecular flexibility index (Phi) is 6.72. The van der Waals surface area contributed by atoms with Crippen molar-refractivity contribution in [3.8, 4) is 0 Å². The van der Waals surface area contributed by atoms with E-state index in [1.165, 1.54) is 29.2 Å². The van der Waals surface area contributed by atoms with E-state index in [9.17, 15) is 39.5 Å². The van der Waals surface area contributed by atoms with Gasteiger partial charge in [-0.15, -0.1) is 0 Å². The summed E-state index contributed by atoms with van der Waals surface area (Å²) in [4.78, 5) is 6.03. The Bertz CT molecular complexity index is 1180. The van der Waals surface area contributed by atoms with Crippen molar-refractivity contribution in [3.63, 3.8) is 0 Å². The van der Waals surface area contributed by atoms with Crippen molar-refractivity contribution in [2.45, 2.75) is 42.6 Å². The summed E-state index contributed by atoms with van der Waals surface area (Å²) in [5, 5.41) is 2.69. The summed E-state index contributed by atoms with van der Waals surface area (Å²) < 4.78 is 134. The van der Waals surface area contributed by atoms with Gasteiger partial charge in [0.2, 0.25) is 0 Å². The summed E-state index contributed by atoms with van der Waals surface area (Å²) in [6.45, 7) is -0.911. The SMILES string of the molecule is FC(F)(F)CCN1CC(F)(c2ccc(C3=NOC(c4ccc(Cl)c(C(F)(F)F)c4)(C(F)(F)F)C3)cc2)C1. The van der Waals surface area contributed by atoms with Crippen molar-refractivity contribution in [1.82, 2.24) is 4.90 Å². The van der Waals surface area contributed by atoms with E-state index in [2.05, 4.69) is 5.16 Å². The Morgan fingerprint density at radius 2 is 1.49 bits per heavy atom. The molecule has 1 unspecified atom stereocenters. The predicted octanol–water partition coefficient (Wildman–Crippen LogP) is 7.37. The fraction of sp³-hybridized carbons (Fsp3) is 0.435. The van der Waals surface area contributed by atoms with E-state index in [0.717, 1.165) is 6.07 Å². The van der Waals surface area contributed by atoms with Gasteiger partial charge in [0.05, 0.1) is 22.7 Å². The van der Waals surface area contributed by atoms with Crippen LogP contribution in [0.25, 0.3) is 0 Å². The van der Waals surface area contributed by atoms with Gasteiger partial charge >= 0.3 is 18.5 Å². The van der Waals surface area contributed by atoms with Gasteiger partial charge in [0.1, 0.15) is 0 Å². The van der Waals surface area contributed by atoms with Crippen molar-refractivity contribution >= 4 is 17.3 Å². The van der Waals surface area contributed by atoms with Gasteiger partial charge < -0.3 is 4.84 Å². The number of likely N-dealkylation sites (tertiary alicyclic amines) is 1. The molecule has 14 heteroatoms. The maximum absolute atomic E-state index is 15.1. The molecule has 2 heterocycles. The van der Waals surface area contributed by atoms with E-state index in [1.807, 2.05) is 0 Å². The molecular weight excluding hydrogens is 546 g/mol. The quantitative estimate of drug-likeness (QED) is 0.355. The molecule has 0 aromatic heterocycles. The third-order valence-corrected chi connectivity index (χ3v) is 6.65. The molecule has 1 saturated heterocycles. The molecule has 4 rings (SSSR count). The van der Waals surface area contributed by atoms with Gasteiger partial charge in [-0.2, -0.15) is 39.5 Å². The summed E-state index contributed by atoms with van der Waals surface area (Å²) in [6, 6.07) is 6.83. The average molecular weight is 563 g/mol. The van der Waals surface area contributed by atoms with Gasteiger partial charge in [0, 0.05) is 31.6 Å². The molecule has 2 aliphatic rings. The van der Waals surface area contributed by atoms with Crippen LogP contribution < -0.4 is 0 Å². The maximum Gasteiger partial charge on any atom is 0.435 e. The molecule has 0 saturated carbocycles. The van der Waals surface area contributed by atoms with E-state index in [-0.39, 0.29) is 42.5 Å². The number of hydrogen-bond donors (Lipinski definition) is 0. The second-order valence-electron chi connectivity index (χ2n) is 8.94. The fourth-order valence-corrected chi connectivity index (χ4v) is 4.53. The highest BCUT2D eigenvalue weighted by atomic mass is 35.5. The first-order chi connectivity index (χ1) is 16.9. The molecule has 2 aromatic rings. The Morgan fingerprint density at radius 1 is 0.892 bits per heavy atom. The van der Waals surface area contributed by atoms with E-state index < -0.39 is 58.8 Å². The van der Waals surface area contributed by atoms with Crippen molar-refractivity contribution < 1.29 is 48.7 Å². The molecule has 0 amide bonds. The molecule has 2 aliphatic heterocycles. The second kappa shape index (κ2) is 9.04. The molecule has 37 heavy (non-hydrogen) atoms. The summed E-state index contributed by atoms with van der Waals surface area (Å²) >= 11 is 5.53. The average Bonchev–Trinajstić information content (AvgIpc) is 3.22. The molecule has 0 bridgehead atoms. The molecule has 0 aliphatic carbocycles. The number of alkyl halides is 10. The minimum Gasteiger partial charge on any atom is -0.374 e. The van der Waals surface area contributed by atoms with Gasteiger partial charge in [-0.25, -0.2) is 4.39 Å². The molecular formula is C23H17ClF10N2O. The van der Waals surface area contributed by atoms with Crippen LogP contribution in [0.4, 0.5) is 43.9 Å². The number of benzene rings is 2. The lowest BCUT2D eigenvalue weighted by Crippen LogP contribution is -2.57. The minimum absolute atomic E-state index is 0.108. The standard InChI is InChI=1S/C23H17ClF10N2O/c24-17-6-5-15(9-16(17)22(29,30)31)20(23(32,33)34)10-18(35-37-20)13-1-3-14(4-2-13)19(25)11-36(12-19)8-7-21(26,27)28/h1-6,9H,7-8,10-12H2. The van der Waals surface area contributed by atoms with Crippen LogP contribution in [0.3, 0.4) is 0 Å². The van der Waals surface area contributed by atoms with Crippen LogP contribution in [0.15, 0.2) is 47.6 Å². The Balaban J connectivity index is 1.52. The van der Waals surface area contributed by atoms with Gasteiger partial charge in [-0.1, -0.05) is 47.1 Å². The summed E-state index contributed by atoms with van der Waals surface area (Å²) in [5.74, 6) is 0. The number of halogens is 11. The molecule has 202 valence electrons. The third-order valence-electron chi connectivity index (χ3n) is 6.32. The lowest BCUT2D eigenvalue weighted by Gasteiger charge is -2.45. The van der Waals surface area contributed by atoms with Crippen LogP contribution >= 0.6 is 11.6 Å². The highest BCUT2D eigenvalue weighted by Crippen LogP contribution is 2.50. The van der Waals surface area contributed by atoms with E-state index in [1.54, 1.807) is 0 Å². The van der Waals surface area contributed by atoms with E-state index in [4.69, 9.17) is 16.4 Å². The normalized spacial score (nSPS) is 22.4. The second-order valence-corrected chi connectivity index (χ2v) is 9.35. The zero-order valence-corrected chi connectivity index (χ0v) is 19.3. The first-order valence-corrected chi connectivity index (χ1v) is 11.1. The van der Waals surface area contributed by atoms with Crippen molar-refractivity contribution in [3.05, 3.63) is 69.7 Å². The topological polar surface area (TPSA) is 24.8 Å². The van der Waals surface area contributed by atoms with Gasteiger partial charge in [0.15, 0.2) is 5.67 Å². The lowest BCUT2D eigenvalue weighted by molar-refractivity contribution is -0.276. The molecule has 1 atom stereocenters. The number of hydrogen-bond acceptors (Lipinski definition) is 3. The van der Waals surface area contributed by atoms with Crippen molar-refractivity contribution in [2.24, 2.45) is 5.16 Å². The molecule has 0 N–H and O–H groups in total. The molecule has 1 fully saturated rings. The largest absolute Gasteiger partial charge is 0.435 e. The first-order valence-electron chi connectivity index (χ1n) is 10.7. The first kappa shape index (κ1) is 27.5. The van der Waals surface area contributed by atoms with Crippen molar-refractivity contribution in [2.75, 3.05) is 19.6 Å². The highest BCUT2D eigenvalue weighted by Gasteiger charge is 2.62. The summed E-state index contributed by atoms with van der Waals surface area (Å²) in [7, 11) is 0. The highest BCUT2D eigenvalue weighted by molar-refractivity contribution is 6.31. The van der Waals surface area contributed by atoms with Crippen molar-refractivity contribution in [1.29, 1.82) is 0 Å². The molecule has 3 nitrogen and oxygen atoms in total. The van der Waals surface area contributed by atoms with Crippen LogP contribution in [-0.2, 0) is 22.3 Å². The van der Waals surface area contributed by atoms with Crippen LogP contribution in [-0.4, -0.2) is 42.6 Å². The maximum atomic E-state index is 15.1. The Hall–Kier alpha value is -2.54. The number of oxime groups is 1. The molecule has 0 radical (unpaired) electrons.